The summed E-state index contributed by atoms with van der Waals surface area (Å²) in [4.78, 5) is 0. The van der Waals surface area contributed by atoms with Crippen LogP contribution in [0.2, 0.25) is 0 Å². The van der Waals surface area contributed by atoms with Crippen molar-refractivity contribution in [2.24, 2.45) is 0 Å². The summed E-state index contributed by atoms with van der Waals surface area (Å²) >= 11 is 0. The van der Waals surface area contributed by atoms with Gasteiger partial charge in [-0.05, 0) is 0 Å². The monoisotopic (exact) mass is 292 g/mol. The fourth-order valence-corrected chi connectivity index (χ4v) is 0. The van der Waals surface area contributed by atoms with Crippen molar-refractivity contribution in [2.45, 2.75) is 0 Å². The van der Waals surface area contributed by atoms with Crippen molar-refractivity contribution >= 4 is 102 Å². The van der Waals surface area contributed by atoms with Gasteiger partial charge in [-0.1, -0.05) is 8.67 Å². The number of hydrogen-bond donors (Lipinski definition) is 4. The molecule has 0 aliphatic carbocycles. The summed E-state index contributed by atoms with van der Waals surface area (Å²) in [5.41, 5.74) is 0. The molecule has 14 heteroatoms. The summed E-state index contributed by atoms with van der Waals surface area (Å²) in [5.74, 6) is 0. The Balaban J connectivity index is -0.0000000625. The molecule has 0 radical (unpaired) electrons. The second kappa shape index (κ2) is 11.8. The Labute approximate surface area is 144 Å². The standard InChI is InChI=1S/K.Na.2H2O5S.2H/c;;2*1-5-6(2,3)4;;/h;;2*1H,(H,2,3,4);;. The molecule has 0 aliphatic heterocycles. The van der Waals surface area contributed by atoms with Crippen LogP contribution in [0, 0.1) is 0 Å². The molecule has 0 amide bonds. The molecule has 14 heavy (non-hydrogen) atoms. The van der Waals surface area contributed by atoms with Gasteiger partial charge in [0.05, 0.1) is 0 Å². The number of rotatable bonds is 2. The molecule has 0 atom stereocenters. The van der Waals surface area contributed by atoms with Gasteiger partial charge in [0, 0.05) is 0 Å². The van der Waals surface area contributed by atoms with Gasteiger partial charge in [-0.3, -0.25) is 9.11 Å². The third kappa shape index (κ3) is 36.7. The molecule has 0 saturated carbocycles. The molecule has 10 nitrogen and oxygen atoms in total. The second-order valence-electron chi connectivity index (χ2n) is 1.00. The van der Waals surface area contributed by atoms with Crippen molar-refractivity contribution in [1.29, 1.82) is 0 Å². The topological polar surface area (TPSA) is 168 Å². The van der Waals surface area contributed by atoms with Crippen LogP contribution >= 0.6 is 0 Å². The second-order valence-corrected chi connectivity index (χ2v) is 3.01. The first-order valence-corrected chi connectivity index (χ1v) is 4.46. The zero-order chi connectivity index (χ0) is 10.4. The Morgan fingerprint density at radius 3 is 0.857 bits per heavy atom. The van der Waals surface area contributed by atoms with Crippen molar-refractivity contribution in [3.63, 3.8) is 0 Å². The molecule has 0 aromatic heterocycles. The van der Waals surface area contributed by atoms with Gasteiger partial charge in [0.15, 0.2) is 0 Å². The van der Waals surface area contributed by atoms with Crippen LogP contribution in [-0.2, 0) is 29.5 Å². The first-order chi connectivity index (χ1) is 5.12. The third-order valence-electron chi connectivity index (χ3n) is 0.188. The van der Waals surface area contributed by atoms with E-state index in [1.807, 2.05) is 0 Å². The van der Waals surface area contributed by atoms with E-state index in [-0.39, 0.29) is 80.9 Å². The maximum atomic E-state index is 9.08. The van der Waals surface area contributed by atoms with Crippen LogP contribution in [0.25, 0.3) is 0 Å². The minimum absolute atomic E-state index is 0. The summed E-state index contributed by atoms with van der Waals surface area (Å²) < 4.78 is 55.9. The normalized spacial score (nSPS) is 10.0. The summed E-state index contributed by atoms with van der Waals surface area (Å²) in [6, 6.07) is 0. The van der Waals surface area contributed by atoms with E-state index in [4.69, 9.17) is 36.5 Å². The van der Waals surface area contributed by atoms with Gasteiger partial charge in [0.2, 0.25) is 0 Å². The molecule has 0 aromatic carbocycles. The Morgan fingerprint density at radius 1 is 0.786 bits per heavy atom. The van der Waals surface area contributed by atoms with Crippen LogP contribution in [-0.4, -0.2) is 117 Å². The predicted octanol–water partition coefficient (Wildman–Crippen LogP) is -2.74. The van der Waals surface area contributed by atoms with E-state index in [9.17, 15) is 0 Å². The van der Waals surface area contributed by atoms with E-state index in [0.717, 1.165) is 0 Å². The van der Waals surface area contributed by atoms with Crippen LogP contribution < -0.4 is 0 Å². The Bertz CT molecular complexity index is 254. The summed E-state index contributed by atoms with van der Waals surface area (Å²) in [6.45, 7) is 0. The Kier molecular flexibility index (Phi) is 21.2. The molecule has 0 aliphatic rings. The molecule has 0 spiro atoms. The molecular weight excluding hydrogens is 286 g/mol. The predicted molar refractivity (Wildman–Crippen MR) is 44.8 cm³/mol. The maximum absolute atomic E-state index is 9.08. The zero-order valence-electron chi connectivity index (χ0n) is 5.05. The van der Waals surface area contributed by atoms with Gasteiger partial charge in [-0.2, -0.15) is 16.8 Å². The van der Waals surface area contributed by atoms with Crippen molar-refractivity contribution in [3.8, 4) is 0 Å². The Hall–Kier alpha value is 2.30. The minimum atomic E-state index is -4.61. The fourth-order valence-electron chi connectivity index (χ4n) is 0. The summed E-state index contributed by atoms with van der Waals surface area (Å²) in [5, 5.41) is 14.1. The van der Waals surface area contributed by atoms with E-state index >= 15 is 0 Å². The van der Waals surface area contributed by atoms with E-state index in [2.05, 4.69) is 8.67 Å². The van der Waals surface area contributed by atoms with Crippen molar-refractivity contribution in [2.75, 3.05) is 0 Å². The molecule has 4 N–H and O–H groups in total. The van der Waals surface area contributed by atoms with E-state index < -0.39 is 20.8 Å². The van der Waals surface area contributed by atoms with E-state index in [1.165, 1.54) is 0 Å². The van der Waals surface area contributed by atoms with Gasteiger partial charge in [0.1, 0.15) is 0 Å². The molecule has 0 rings (SSSR count). The van der Waals surface area contributed by atoms with Crippen LogP contribution in [0.1, 0.15) is 0 Å². The first-order valence-electron chi connectivity index (χ1n) is 1.73. The van der Waals surface area contributed by atoms with Crippen LogP contribution in [0.4, 0.5) is 0 Å². The van der Waals surface area contributed by atoms with Crippen molar-refractivity contribution in [3.05, 3.63) is 0 Å². The summed E-state index contributed by atoms with van der Waals surface area (Å²) in [6.07, 6.45) is 0. The quantitative estimate of drug-likeness (QED) is 0.181. The third-order valence-corrected chi connectivity index (χ3v) is 0.565. The van der Waals surface area contributed by atoms with Gasteiger partial charge in [-0.15, -0.1) is 0 Å². The van der Waals surface area contributed by atoms with E-state index in [1.54, 1.807) is 0 Å². The average Bonchev–Trinajstić information content (AvgIpc) is 1.86. The molecule has 0 heterocycles. The Morgan fingerprint density at radius 2 is 0.857 bits per heavy atom. The molecule has 0 bridgehead atoms. The van der Waals surface area contributed by atoms with Crippen molar-refractivity contribution in [1.82, 2.24) is 0 Å². The number of hydrogen-bond acceptors (Lipinski definition) is 8. The molecule has 80 valence electrons. The van der Waals surface area contributed by atoms with Gasteiger partial charge >= 0.3 is 102 Å². The van der Waals surface area contributed by atoms with Gasteiger partial charge < -0.3 is 0 Å². The molecule has 0 fully saturated rings. The SMILES string of the molecule is O=S(=O)(O)OO.O=S(=O)(O)OO.[KH].[NaH]. The van der Waals surface area contributed by atoms with Gasteiger partial charge in [0.25, 0.3) is 0 Å². The fraction of sp³-hybridized carbons (Fsp3) is 0. The summed E-state index contributed by atoms with van der Waals surface area (Å²) in [7, 11) is -9.21. The molecular formula is H6KNaO10S2. The average molecular weight is 292 g/mol. The zero-order valence-corrected chi connectivity index (χ0v) is 6.69. The molecule has 0 unspecified atom stereocenters. The van der Waals surface area contributed by atoms with Crippen LogP contribution in [0.15, 0.2) is 0 Å². The van der Waals surface area contributed by atoms with Crippen molar-refractivity contribution < 1.29 is 45.1 Å². The van der Waals surface area contributed by atoms with Crippen LogP contribution in [0.5, 0.6) is 0 Å². The molecule has 0 saturated heterocycles. The molecule has 0 aromatic rings. The van der Waals surface area contributed by atoms with Crippen LogP contribution in [0.3, 0.4) is 0 Å². The first kappa shape index (κ1) is 25.2. The van der Waals surface area contributed by atoms with Gasteiger partial charge in [-0.25, -0.2) is 10.5 Å². The van der Waals surface area contributed by atoms with E-state index in [0.29, 0.717) is 0 Å².